The number of amides is 1. The fraction of sp³-hybridized carbons (Fsp3) is 0.455. The van der Waals surface area contributed by atoms with Gasteiger partial charge in [-0.1, -0.05) is 12.2 Å². The first-order valence-corrected chi connectivity index (χ1v) is 4.92. The average molecular weight is 190 g/mol. The standard InChI is InChI=1S/C11H14N2O/c1-9(14)13-6-4-10-3-2-5-12-11(7-10)8-13/h2-3,5,7,11H,4,6,8H2,1H3. The fourth-order valence-corrected chi connectivity index (χ4v) is 1.81. The molecule has 0 fully saturated rings. The van der Waals surface area contributed by atoms with Crippen molar-refractivity contribution >= 4 is 12.1 Å². The summed E-state index contributed by atoms with van der Waals surface area (Å²) in [5.41, 5.74) is 1.29. The van der Waals surface area contributed by atoms with Gasteiger partial charge in [-0.05, 0) is 18.1 Å². The Labute approximate surface area is 83.8 Å². The SMILES string of the molecule is CC(=O)N1CCC2=CC(C1)N=CC=C2. The molecule has 2 bridgehead atoms. The Morgan fingerprint density at radius 2 is 2.50 bits per heavy atom. The van der Waals surface area contributed by atoms with Crippen molar-refractivity contribution in [3.8, 4) is 0 Å². The predicted molar refractivity (Wildman–Crippen MR) is 56.4 cm³/mol. The predicted octanol–water partition coefficient (Wildman–Crippen LogP) is 1.17. The highest BCUT2D eigenvalue weighted by Crippen LogP contribution is 2.16. The lowest BCUT2D eigenvalue weighted by atomic mass is 10.1. The van der Waals surface area contributed by atoms with Crippen LogP contribution in [-0.2, 0) is 4.79 Å². The first-order valence-electron chi connectivity index (χ1n) is 4.92. The number of aliphatic imine (C=N–C) groups is 1. The number of carbonyl (C=O) groups is 1. The van der Waals surface area contributed by atoms with E-state index >= 15 is 0 Å². The summed E-state index contributed by atoms with van der Waals surface area (Å²) in [7, 11) is 0. The number of allylic oxidation sites excluding steroid dienone is 2. The van der Waals surface area contributed by atoms with Crippen LogP contribution in [0.25, 0.3) is 0 Å². The van der Waals surface area contributed by atoms with Crippen molar-refractivity contribution in [2.24, 2.45) is 4.99 Å². The van der Waals surface area contributed by atoms with Crippen LogP contribution in [0.4, 0.5) is 0 Å². The van der Waals surface area contributed by atoms with Crippen molar-refractivity contribution in [3.63, 3.8) is 0 Å². The second-order valence-corrected chi connectivity index (χ2v) is 3.68. The Balaban J connectivity index is 2.17. The fourth-order valence-electron chi connectivity index (χ4n) is 1.81. The third-order valence-electron chi connectivity index (χ3n) is 2.60. The molecule has 2 aliphatic heterocycles. The van der Waals surface area contributed by atoms with Crippen molar-refractivity contribution in [2.75, 3.05) is 13.1 Å². The summed E-state index contributed by atoms with van der Waals surface area (Å²) in [6.45, 7) is 3.15. The lowest BCUT2D eigenvalue weighted by Crippen LogP contribution is -2.34. The third kappa shape index (κ3) is 1.92. The topological polar surface area (TPSA) is 32.7 Å². The molecule has 0 aliphatic carbocycles. The smallest absolute Gasteiger partial charge is 0.219 e. The molecule has 0 aromatic heterocycles. The zero-order valence-corrected chi connectivity index (χ0v) is 8.31. The molecule has 0 saturated carbocycles. The third-order valence-corrected chi connectivity index (χ3v) is 2.60. The number of nitrogens with zero attached hydrogens (tertiary/aromatic N) is 2. The van der Waals surface area contributed by atoms with Crippen LogP contribution in [0.15, 0.2) is 28.8 Å². The lowest BCUT2D eigenvalue weighted by molar-refractivity contribution is -0.128. The van der Waals surface area contributed by atoms with Crippen molar-refractivity contribution in [1.29, 1.82) is 0 Å². The Morgan fingerprint density at radius 1 is 1.64 bits per heavy atom. The molecule has 2 rings (SSSR count). The monoisotopic (exact) mass is 190 g/mol. The maximum atomic E-state index is 11.3. The molecule has 2 aliphatic rings. The van der Waals surface area contributed by atoms with E-state index in [1.165, 1.54) is 5.57 Å². The van der Waals surface area contributed by atoms with Gasteiger partial charge in [0.25, 0.3) is 0 Å². The van der Waals surface area contributed by atoms with Gasteiger partial charge in [-0.15, -0.1) is 0 Å². The molecule has 3 heteroatoms. The van der Waals surface area contributed by atoms with Crippen LogP contribution in [0.2, 0.25) is 0 Å². The molecular weight excluding hydrogens is 176 g/mol. The molecular formula is C11H14N2O. The zero-order chi connectivity index (χ0) is 9.97. The molecule has 0 radical (unpaired) electrons. The van der Waals surface area contributed by atoms with Gasteiger partial charge in [0.15, 0.2) is 0 Å². The van der Waals surface area contributed by atoms with Crippen LogP contribution in [0, 0.1) is 0 Å². The van der Waals surface area contributed by atoms with Crippen molar-refractivity contribution in [1.82, 2.24) is 4.90 Å². The normalized spacial score (nSPS) is 25.4. The van der Waals surface area contributed by atoms with Crippen molar-refractivity contribution in [2.45, 2.75) is 19.4 Å². The molecule has 1 unspecified atom stereocenters. The first-order chi connectivity index (χ1) is 6.75. The van der Waals surface area contributed by atoms with E-state index in [1.807, 2.05) is 17.2 Å². The summed E-state index contributed by atoms with van der Waals surface area (Å²) < 4.78 is 0. The maximum absolute atomic E-state index is 11.3. The van der Waals surface area contributed by atoms with Gasteiger partial charge < -0.3 is 4.90 Å². The Morgan fingerprint density at radius 3 is 3.29 bits per heavy atom. The Bertz CT molecular complexity index is 328. The van der Waals surface area contributed by atoms with E-state index in [9.17, 15) is 4.79 Å². The highest BCUT2D eigenvalue weighted by molar-refractivity contribution is 5.75. The van der Waals surface area contributed by atoms with Gasteiger partial charge in [0.1, 0.15) is 0 Å². The Kier molecular flexibility index (Phi) is 2.48. The molecule has 0 N–H and O–H groups in total. The summed E-state index contributed by atoms with van der Waals surface area (Å²) in [6.07, 6.45) is 8.96. The van der Waals surface area contributed by atoms with Crippen LogP contribution in [0.5, 0.6) is 0 Å². The maximum Gasteiger partial charge on any atom is 0.219 e. The van der Waals surface area contributed by atoms with Crippen LogP contribution in [0.3, 0.4) is 0 Å². The quantitative estimate of drug-likeness (QED) is 0.564. The summed E-state index contributed by atoms with van der Waals surface area (Å²) >= 11 is 0. The van der Waals surface area contributed by atoms with Crippen LogP contribution in [0.1, 0.15) is 13.3 Å². The van der Waals surface area contributed by atoms with Crippen molar-refractivity contribution < 1.29 is 4.79 Å². The molecule has 14 heavy (non-hydrogen) atoms. The molecule has 0 aromatic carbocycles. The summed E-state index contributed by atoms with van der Waals surface area (Å²) in [6, 6.07) is 0.145. The lowest BCUT2D eigenvalue weighted by Gasteiger charge is -2.20. The van der Waals surface area contributed by atoms with Crippen LogP contribution < -0.4 is 0 Å². The summed E-state index contributed by atoms with van der Waals surface area (Å²) in [4.78, 5) is 17.5. The van der Waals surface area contributed by atoms with E-state index in [-0.39, 0.29) is 11.9 Å². The van der Waals surface area contributed by atoms with E-state index in [4.69, 9.17) is 0 Å². The Hall–Kier alpha value is -1.38. The number of fused-ring (bicyclic) bond motifs is 1. The minimum absolute atomic E-state index is 0.143. The first kappa shape index (κ1) is 9.19. The van der Waals surface area contributed by atoms with Gasteiger partial charge in [-0.3, -0.25) is 9.79 Å². The molecule has 0 spiro atoms. The van der Waals surface area contributed by atoms with Crippen molar-refractivity contribution in [3.05, 3.63) is 23.8 Å². The van der Waals surface area contributed by atoms with E-state index in [0.717, 1.165) is 19.5 Å². The van der Waals surface area contributed by atoms with Crippen LogP contribution >= 0.6 is 0 Å². The highest BCUT2D eigenvalue weighted by atomic mass is 16.2. The molecule has 3 nitrogen and oxygen atoms in total. The van der Waals surface area contributed by atoms with Crippen LogP contribution in [-0.4, -0.2) is 36.2 Å². The molecule has 0 aromatic rings. The minimum atomic E-state index is 0.143. The van der Waals surface area contributed by atoms with E-state index < -0.39 is 0 Å². The van der Waals surface area contributed by atoms with Gasteiger partial charge in [0.2, 0.25) is 5.91 Å². The van der Waals surface area contributed by atoms with Gasteiger partial charge >= 0.3 is 0 Å². The molecule has 74 valence electrons. The zero-order valence-electron chi connectivity index (χ0n) is 8.31. The average Bonchev–Trinajstić information content (AvgIpc) is 2.49. The molecule has 1 amide bonds. The van der Waals surface area contributed by atoms with Gasteiger partial charge in [-0.2, -0.15) is 0 Å². The van der Waals surface area contributed by atoms with E-state index in [1.54, 1.807) is 6.92 Å². The molecule has 1 atom stereocenters. The summed E-state index contributed by atoms with van der Waals surface area (Å²) in [5.74, 6) is 0.143. The molecule has 0 saturated heterocycles. The van der Waals surface area contributed by atoms with Gasteiger partial charge in [0, 0.05) is 26.2 Å². The number of rotatable bonds is 0. The van der Waals surface area contributed by atoms with Gasteiger partial charge in [0.05, 0.1) is 6.04 Å². The minimum Gasteiger partial charge on any atom is -0.340 e. The number of hydrogen-bond donors (Lipinski definition) is 0. The number of hydrogen-bond acceptors (Lipinski definition) is 2. The summed E-state index contributed by atoms with van der Waals surface area (Å²) in [5, 5.41) is 0. The number of carbonyl (C=O) groups excluding carboxylic acids is 1. The molecule has 2 heterocycles. The van der Waals surface area contributed by atoms with Gasteiger partial charge in [-0.25, -0.2) is 0 Å². The second kappa shape index (κ2) is 3.78. The highest BCUT2D eigenvalue weighted by Gasteiger charge is 2.18. The van der Waals surface area contributed by atoms with E-state index in [2.05, 4.69) is 17.1 Å². The van der Waals surface area contributed by atoms with E-state index in [0.29, 0.717) is 0 Å². The largest absolute Gasteiger partial charge is 0.340 e. The second-order valence-electron chi connectivity index (χ2n) is 3.68.